The van der Waals surface area contributed by atoms with Crippen LogP contribution in [-0.2, 0) is 0 Å². The standard InChI is InChI=1S/C52H34N2S2/c1-34(35-17-7-2-8-18-35)40-33-43-50(38-23-13-5-14-24-38)46-30-29-44(55-46)48(36-19-9-3-10-20-36)41-27-28-42(53-41)49(37-21-11-4-12-22-37)45-31-32-47(56-45)51(52(40)54-43)39-25-15-6-16-26-39/h2-33H,1H2. The van der Waals surface area contributed by atoms with Crippen LogP contribution in [-0.4, -0.2) is 9.97 Å². The second-order valence-corrected chi connectivity index (χ2v) is 15.9. The lowest BCUT2D eigenvalue weighted by molar-refractivity contribution is 1.32. The SMILES string of the molecule is C=C(C1=Cc2nc1c(-c1ccccc1)c1ccc(s1)c(-c1ccccc1)c1nc(c(-c3ccccc3)c3ccc(s3)c2-c2ccccc2)C=C1)c1ccccc1. The Bertz CT molecular complexity index is 3000. The topological polar surface area (TPSA) is 25.8 Å². The van der Waals surface area contributed by atoms with Gasteiger partial charge in [0, 0.05) is 46.6 Å². The van der Waals surface area contributed by atoms with Crippen molar-refractivity contribution in [3.8, 4) is 44.5 Å². The molecule has 0 saturated heterocycles. The van der Waals surface area contributed by atoms with Gasteiger partial charge < -0.3 is 0 Å². The maximum atomic E-state index is 5.69. The molecule has 2 nitrogen and oxygen atoms in total. The van der Waals surface area contributed by atoms with E-state index in [0.29, 0.717) is 0 Å². The van der Waals surface area contributed by atoms with Crippen molar-refractivity contribution in [2.45, 2.75) is 0 Å². The van der Waals surface area contributed by atoms with Crippen molar-refractivity contribution in [1.29, 1.82) is 0 Å². The van der Waals surface area contributed by atoms with E-state index in [-0.39, 0.29) is 0 Å². The van der Waals surface area contributed by atoms with Crippen molar-refractivity contribution in [1.82, 2.24) is 9.97 Å². The van der Waals surface area contributed by atoms with Gasteiger partial charge in [0.05, 0.1) is 22.8 Å². The maximum absolute atomic E-state index is 5.69. The van der Waals surface area contributed by atoms with E-state index < -0.39 is 0 Å². The first kappa shape index (κ1) is 33.8. The van der Waals surface area contributed by atoms with Gasteiger partial charge in [0.1, 0.15) is 0 Å². The van der Waals surface area contributed by atoms with E-state index in [4.69, 9.17) is 16.5 Å². The van der Waals surface area contributed by atoms with E-state index >= 15 is 0 Å². The first-order valence-corrected chi connectivity index (χ1v) is 20.3. The Morgan fingerprint density at radius 1 is 0.375 bits per heavy atom. The van der Waals surface area contributed by atoms with Crippen molar-refractivity contribution < 1.29 is 0 Å². The Labute approximate surface area is 334 Å². The Kier molecular flexibility index (Phi) is 8.76. The molecule has 5 heterocycles. The van der Waals surface area contributed by atoms with Gasteiger partial charge in [0.25, 0.3) is 0 Å². The summed E-state index contributed by atoms with van der Waals surface area (Å²) in [7, 11) is 0. The highest BCUT2D eigenvalue weighted by Gasteiger charge is 2.24. The highest BCUT2D eigenvalue weighted by atomic mass is 32.1. The van der Waals surface area contributed by atoms with Crippen LogP contribution in [0.15, 0.2) is 183 Å². The van der Waals surface area contributed by atoms with Crippen LogP contribution >= 0.6 is 22.7 Å². The molecule has 10 rings (SSSR count). The molecule has 4 heteroatoms. The molecule has 0 saturated carbocycles. The Morgan fingerprint density at radius 3 is 1.16 bits per heavy atom. The first-order valence-electron chi connectivity index (χ1n) is 18.7. The number of aromatic nitrogens is 2. The predicted octanol–water partition coefficient (Wildman–Crippen LogP) is 14.9. The molecule has 0 amide bonds. The van der Waals surface area contributed by atoms with E-state index in [1.807, 2.05) is 0 Å². The van der Waals surface area contributed by atoms with Gasteiger partial charge in [-0.15, -0.1) is 22.7 Å². The zero-order valence-corrected chi connectivity index (χ0v) is 32.0. The predicted molar refractivity (Wildman–Crippen MR) is 242 cm³/mol. The molecule has 0 spiro atoms. The second-order valence-electron chi connectivity index (χ2n) is 13.8. The molecule has 0 atom stereocenters. The molecular weight excluding hydrogens is 717 g/mol. The normalized spacial score (nSPS) is 12.0. The molecule has 3 aromatic heterocycles. The number of hydrogen-bond donors (Lipinski definition) is 0. The van der Waals surface area contributed by atoms with Crippen molar-refractivity contribution >= 4 is 70.8 Å². The zero-order valence-electron chi connectivity index (χ0n) is 30.4. The van der Waals surface area contributed by atoms with Crippen molar-refractivity contribution in [2.24, 2.45) is 0 Å². The monoisotopic (exact) mass is 750 g/mol. The molecule has 5 aromatic carbocycles. The lowest BCUT2D eigenvalue weighted by Gasteiger charge is -2.11. The largest absolute Gasteiger partial charge is 0.248 e. The Balaban J connectivity index is 1.42. The quantitative estimate of drug-likeness (QED) is 0.169. The number of allylic oxidation sites excluding steroid dienone is 2. The smallest absolute Gasteiger partial charge is 0.0808 e. The van der Waals surface area contributed by atoms with Crippen LogP contribution in [0.1, 0.15) is 28.3 Å². The van der Waals surface area contributed by atoms with Crippen LogP contribution in [0.2, 0.25) is 0 Å². The third-order valence-electron chi connectivity index (χ3n) is 10.3. The third kappa shape index (κ3) is 6.15. The van der Waals surface area contributed by atoms with E-state index in [0.717, 1.165) is 103 Å². The summed E-state index contributed by atoms with van der Waals surface area (Å²) in [5.41, 5.74) is 15.6. The molecule has 0 unspecified atom stereocenters. The molecule has 0 radical (unpaired) electrons. The maximum Gasteiger partial charge on any atom is 0.0808 e. The average Bonchev–Trinajstić information content (AvgIpc) is 4.10. The van der Waals surface area contributed by atoms with Crippen molar-refractivity contribution in [2.75, 3.05) is 0 Å². The number of hydrogen-bond acceptors (Lipinski definition) is 4. The summed E-state index contributed by atoms with van der Waals surface area (Å²) in [6.45, 7) is 4.73. The fourth-order valence-corrected chi connectivity index (χ4v) is 9.99. The van der Waals surface area contributed by atoms with Crippen molar-refractivity contribution in [3.05, 3.63) is 211 Å². The lowest BCUT2D eigenvalue weighted by atomic mass is 9.92. The number of rotatable bonds is 6. The third-order valence-corrected chi connectivity index (χ3v) is 12.5. The fourth-order valence-electron chi connectivity index (χ4n) is 7.68. The molecule has 2 aliphatic heterocycles. The average molecular weight is 751 g/mol. The molecule has 8 bridgehead atoms. The van der Waals surface area contributed by atoms with Gasteiger partial charge >= 0.3 is 0 Å². The molecule has 0 N–H and O–H groups in total. The highest BCUT2D eigenvalue weighted by molar-refractivity contribution is 7.24. The zero-order chi connectivity index (χ0) is 37.4. The van der Waals surface area contributed by atoms with E-state index in [9.17, 15) is 0 Å². The second kappa shape index (κ2) is 14.5. The van der Waals surface area contributed by atoms with E-state index in [2.05, 4.69) is 194 Å². The summed E-state index contributed by atoms with van der Waals surface area (Å²) in [5.74, 6) is 0. The van der Waals surface area contributed by atoms with Crippen LogP contribution in [0.3, 0.4) is 0 Å². The van der Waals surface area contributed by atoms with Gasteiger partial charge in [-0.2, -0.15) is 0 Å². The van der Waals surface area contributed by atoms with Crippen LogP contribution in [0, 0.1) is 0 Å². The van der Waals surface area contributed by atoms with Gasteiger partial charge in [-0.05, 0) is 75.9 Å². The minimum atomic E-state index is 0.913. The van der Waals surface area contributed by atoms with Gasteiger partial charge in [-0.1, -0.05) is 158 Å². The summed E-state index contributed by atoms with van der Waals surface area (Å²) in [6.07, 6.45) is 6.63. The van der Waals surface area contributed by atoms with Gasteiger partial charge in [-0.25, -0.2) is 9.97 Å². The molecule has 2 aliphatic rings. The molecular formula is C52H34N2S2. The van der Waals surface area contributed by atoms with Crippen LogP contribution < -0.4 is 0 Å². The molecule has 0 aliphatic carbocycles. The summed E-state index contributed by atoms with van der Waals surface area (Å²) in [5, 5.41) is 0. The molecule has 56 heavy (non-hydrogen) atoms. The van der Waals surface area contributed by atoms with E-state index in [1.54, 1.807) is 22.7 Å². The van der Waals surface area contributed by atoms with Crippen LogP contribution in [0.25, 0.3) is 92.7 Å². The number of nitrogens with zero attached hydrogens (tertiary/aromatic N) is 2. The fraction of sp³-hybridized carbons (Fsp3) is 0. The van der Waals surface area contributed by atoms with Gasteiger partial charge in [0.15, 0.2) is 0 Å². The first-order chi connectivity index (χ1) is 27.7. The van der Waals surface area contributed by atoms with Gasteiger partial charge in [-0.3, -0.25) is 0 Å². The number of thiophene rings is 2. The highest BCUT2D eigenvalue weighted by Crippen LogP contribution is 2.46. The Morgan fingerprint density at radius 2 is 0.732 bits per heavy atom. The van der Waals surface area contributed by atoms with E-state index in [1.165, 1.54) is 0 Å². The molecule has 264 valence electrons. The minimum absolute atomic E-state index is 0.913. The summed E-state index contributed by atoms with van der Waals surface area (Å²) >= 11 is 3.57. The summed E-state index contributed by atoms with van der Waals surface area (Å²) in [4.78, 5) is 11.1. The summed E-state index contributed by atoms with van der Waals surface area (Å²) in [6, 6.07) is 62.1. The van der Waals surface area contributed by atoms with Crippen LogP contribution in [0.4, 0.5) is 0 Å². The number of fused-ring (bicyclic) bond motifs is 8. The van der Waals surface area contributed by atoms with Crippen molar-refractivity contribution in [3.63, 3.8) is 0 Å². The van der Waals surface area contributed by atoms with Crippen LogP contribution in [0.5, 0.6) is 0 Å². The lowest BCUT2D eigenvalue weighted by Crippen LogP contribution is -1.91. The van der Waals surface area contributed by atoms with Gasteiger partial charge in [0.2, 0.25) is 0 Å². The molecule has 8 aromatic rings. The Hall–Kier alpha value is -6.72. The molecule has 0 fully saturated rings. The minimum Gasteiger partial charge on any atom is -0.248 e. The number of benzene rings is 5. The summed E-state index contributed by atoms with van der Waals surface area (Å²) < 4.78 is 4.55.